The summed E-state index contributed by atoms with van der Waals surface area (Å²) in [5.41, 5.74) is 1.87. The highest BCUT2D eigenvalue weighted by Crippen LogP contribution is 2.04. The molecule has 0 fully saturated rings. The molecular weight excluding hydrogens is 150 g/mol. The Morgan fingerprint density at radius 1 is 1.50 bits per heavy atom. The van der Waals surface area contributed by atoms with Crippen molar-refractivity contribution in [2.24, 2.45) is 0 Å². The van der Waals surface area contributed by atoms with E-state index in [1.165, 1.54) is 0 Å². The van der Waals surface area contributed by atoms with Gasteiger partial charge < -0.3 is 5.32 Å². The maximum atomic E-state index is 5.08. The molecule has 0 atom stereocenters. The van der Waals surface area contributed by atoms with Crippen LogP contribution in [-0.2, 0) is 0 Å². The third kappa shape index (κ3) is 1.96. The molecule has 1 aromatic heterocycles. The van der Waals surface area contributed by atoms with Gasteiger partial charge in [0.25, 0.3) is 0 Å². The van der Waals surface area contributed by atoms with Crippen molar-refractivity contribution in [1.82, 2.24) is 9.97 Å². The largest absolute Gasteiger partial charge is 0.358 e. The van der Waals surface area contributed by atoms with Crippen LogP contribution in [-0.4, -0.2) is 16.5 Å². The normalized spacial score (nSPS) is 9.08. The quantitative estimate of drug-likeness (QED) is 0.661. The average molecular weight is 161 g/mol. The number of hydrogen-bond acceptors (Lipinski definition) is 3. The lowest BCUT2D eigenvalue weighted by atomic mass is 10.3. The van der Waals surface area contributed by atoms with Gasteiger partial charge in [0.1, 0.15) is 5.82 Å². The summed E-state index contributed by atoms with van der Waals surface area (Å²) < 4.78 is 0. The van der Waals surface area contributed by atoms with Crippen molar-refractivity contribution in [3.05, 3.63) is 17.6 Å². The smallest absolute Gasteiger partial charge is 0.145 e. The zero-order chi connectivity index (χ0) is 8.97. The number of rotatable bonds is 2. The van der Waals surface area contributed by atoms with Gasteiger partial charge in [-0.05, 0) is 13.8 Å². The molecule has 0 amide bonds. The molecule has 0 saturated carbocycles. The summed E-state index contributed by atoms with van der Waals surface area (Å²) in [6.07, 6.45) is 6.76. The second-order valence-corrected chi connectivity index (χ2v) is 2.48. The summed E-state index contributed by atoms with van der Waals surface area (Å²) in [5.74, 6) is 3.20. The summed E-state index contributed by atoms with van der Waals surface area (Å²) in [6.45, 7) is 4.33. The molecular formula is C9H11N3. The van der Waals surface area contributed by atoms with Crippen LogP contribution in [0.25, 0.3) is 0 Å². The van der Waals surface area contributed by atoms with Gasteiger partial charge in [0.2, 0.25) is 0 Å². The first-order chi connectivity index (χ1) is 5.74. The fraction of sp³-hybridized carbons (Fsp3) is 0.333. The molecule has 1 rings (SSSR count). The fourth-order valence-electron chi connectivity index (χ4n) is 0.769. The van der Waals surface area contributed by atoms with Gasteiger partial charge in [-0.25, -0.2) is 4.98 Å². The molecule has 1 N–H and O–H groups in total. The van der Waals surface area contributed by atoms with Gasteiger partial charge in [0, 0.05) is 0 Å². The van der Waals surface area contributed by atoms with Crippen molar-refractivity contribution >= 4 is 5.82 Å². The molecule has 0 aliphatic rings. The minimum absolute atomic E-state index is 0.483. The Bertz CT molecular complexity index is 312. The minimum atomic E-state index is 0.483. The molecule has 0 aromatic carbocycles. The SMILES string of the molecule is C#CCNc1cnc(C)c(C)n1. The molecule has 0 aliphatic heterocycles. The highest BCUT2D eigenvalue weighted by atomic mass is 15.0. The highest BCUT2D eigenvalue weighted by molar-refractivity contribution is 5.34. The van der Waals surface area contributed by atoms with E-state index in [4.69, 9.17) is 6.42 Å². The number of terminal acetylenes is 1. The van der Waals surface area contributed by atoms with Crippen LogP contribution in [0, 0.1) is 26.2 Å². The molecule has 0 unspecified atom stereocenters. The predicted octanol–water partition coefficient (Wildman–Crippen LogP) is 1.14. The highest BCUT2D eigenvalue weighted by Gasteiger charge is 1.96. The van der Waals surface area contributed by atoms with E-state index in [2.05, 4.69) is 21.2 Å². The van der Waals surface area contributed by atoms with E-state index < -0.39 is 0 Å². The van der Waals surface area contributed by atoms with Crippen LogP contribution < -0.4 is 5.32 Å². The third-order valence-corrected chi connectivity index (χ3v) is 1.56. The first kappa shape index (κ1) is 8.54. The standard InChI is InChI=1S/C9H11N3/c1-4-5-10-9-6-11-7(2)8(3)12-9/h1,6H,5H2,2-3H3,(H,10,12). The Kier molecular flexibility index (Phi) is 2.65. The van der Waals surface area contributed by atoms with E-state index in [9.17, 15) is 0 Å². The van der Waals surface area contributed by atoms with Crippen LogP contribution in [0.5, 0.6) is 0 Å². The Labute approximate surface area is 72.2 Å². The second kappa shape index (κ2) is 3.72. The molecule has 0 radical (unpaired) electrons. The molecule has 3 heteroatoms. The number of anilines is 1. The monoisotopic (exact) mass is 161 g/mol. The van der Waals surface area contributed by atoms with Crippen molar-refractivity contribution in [2.75, 3.05) is 11.9 Å². The predicted molar refractivity (Wildman–Crippen MR) is 48.8 cm³/mol. The van der Waals surface area contributed by atoms with E-state index in [-0.39, 0.29) is 0 Å². The first-order valence-corrected chi connectivity index (χ1v) is 3.71. The summed E-state index contributed by atoms with van der Waals surface area (Å²) in [6, 6.07) is 0. The summed E-state index contributed by atoms with van der Waals surface area (Å²) in [5, 5.41) is 2.95. The molecule has 0 aliphatic carbocycles. The van der Waals surface area contributed by atoms with Crippen LogP contribution >= 0.6 is 0 Å². The van der Waals surface area contributed by atoms with E-state index in [1.807, 2.05) is 13.8 Å². The van der Waals surface area contributed by atoms with E-state index >= 15 is 0 Å². The third-order valence-electron chi connectivity index (χ3n) is 1.56. The number of aryl methyl sites for hydroxylation is 2. The number of hydrogen-bond donors (Lipinski definition) is 1. The molecule has 62 valence electrons. The lowest BCUT2D eigenvalue weighted by Gasteiger charge is -2.03. The molecule has 1 aromatic rings. The summed E-state index contributed by atoms with van der Waals surface area (Å²) >= 11 is 0. The summed E-state index contributed by atoms with van der Waals surface area (Å²) in [4.78, 5) is 8.38. The van der Waals surface area contributed by atoms with E-state index in [1.54, 1.807) is 6.20 Å². The van der Waals surface area contributed by atoms with Crippen LogP contribution in [0.1, 0.15) is 11.4 Å². The molecule has 12 heavy (non-hydrogen) atoms. The lowest BCUT2D eigenvalue weighted by molar-refractivity contribution is 1.04. The van der Waals surface area contributed by atoms with Crippen molar-refractivity contribution in [1.29, 1.82) is 0 Å². The zero-order valence-electron chi connectivity index (χ0n) is 7.26. The fourth-order valence-corrected chi connectivity index (χ4v) is 0.769. The van der Waals surface area contributed by atoms with Gasteiger partial charge in [-0.1, -0.05) is 5.92 Å². The van der Waals surface area contributed by atoms with Crippen molar-refractivity contribution in [3.63, 3.8) is 0 Å². The van der Waals surface area contributed by atoms with Crippen molar-refractivity contribution in [3.8, 4) is 12.3 Å². The Hall–Kier alpha value is -1.56. The van der Waals surface area contributed by atoms with Crippen LogP contribution in [0.15, 0.2) is 6.20 Å². The number of nitrogens with one attached hydrogen (secondary N) is 1. The Morgan fingerprint density at radius 2 is 2.25 bits per heavy atom. The number of nitrogens with zero attached hydrogens (tertiary/aromatic N) is 2. The first-order valence-electron chi connectivity index (χ1n) is 3.71. The van der Waals surface area contributed by atoms with Gasteiger partial charge in [0.15, 0.2) is 0 Å². The molecule has 1 heterocycles. The van der Waals surface area contributed by atoms with Crippen LogP contribution in [0.4, 0.5) is 5.82 Å². The zero-order valence-corrected chi connectivity index (χ0v) is 7.26. The number of aromatic nitrogens is 2. The molecule has 0 saturated heterocycles. The summed E-state index contributed by atoms with van der Waals surface area (Å²) in [7, 11) is 0. The van der Waals surface area contributed by atoms with Crippen molar-refractivity contribution < 1.29 is 0 Å². The Balaban J connectivity index is 2.77. The Morgan fingerprint density at radius 3 is 2.83 bits per heavy atom. The maximum Gasteiger partial charge on any atom is 0.145 e. The van der Waals surface area contributed by atoms with Gasteiger partial charge in [0.05, 0.1) is 24.1 Å². The maximum absolute atomic E-state index is 5.08. The lowest BCUT2D eigenvalue weighted by Crippen LogP contribution is -2.03. The molecule has 0 bridgehead atoms. The topological polar surface area (TPSA) is 37.8 Å². The van der Waals surface area contributed by atoms with Crippen LogP contribution in [0.3, 0.4) is 0 Å². The van der Waals surface area contributed by atoms with Crippen LogP contribution in [0.2, 0.25) is 0 Å². The van der Waals surface area contributed by atoms with Gasteiger partial charge in [-0.3, -0.25) is 4.98 Å². The molecule has 0 spiro atoms. The average Bonchev–Trinajstić information content (AvgIpc) is 2.07. The van der Waals surface area contributed by atoms with Crippen molar-refractivity contribution in [2.45, 2.75) is 13.8 Å². The van der Waals surface area contributed by atoms with Gasteiger partial charge >= 0.3 is 0 Å². The minimum Gasteiger partial charge on any atom is -0.358 e. The van der Waals surface area contributed by atoms with E-state index in [0.29, 0.717) is 6.54 Å². The molecule has 3 nitrogen and oxygen atoms in total. The van der Waals surface area contributed by atoms with Gasteiger partial charge in [-0.2, -0.15) is 0 Å². The van der Waals surface area contributed by atoms with E-state index in [0.717, 1.165) is 17.2 Å². The second-order valence-electron chi connectivity index (χ2n) is 2.48. The van der Waals surface area contributed by atoms with Gasteiger partial charge in [-0.15, -0.1) is 6.42 Å².